The molecule has 0 aromatic rings. The quantitative estimate of drug-likeness (QED) is 0.603. The van der Waals surface area contributed by atoms with Gasteiger partial charge in [-0.25, -0.2) is 0 Å². The smallest absolute Gasteiger partial charge is 0.251 e. The number of carbonyl (C=O) groups excluding carboxylic acids is 1. The summed E-state index contributed by atoms with van der Waals surface area (Å²) in [4.78, 5) is 11.5. The average Bonchev–Trinajstić information content (AvgIpc) is 2.34. The van der Waals surface area contributed by atoms with E-state index in [2.05, 4.69) is 5.32 Å². The van der Waals surface area contributed by atoms with Gasteiger partial charge in [-0.2, -0.15) is 11.8 Å². The maximum atomic E-state index is 11.5. The predicted octanol–water partition coefficient (Wildman–Crippen LogP) is -0.366. The lowest BCUT2D eigenvalue weighted by Gasteiger charge is -2.21. The molecule has 1 atom stereocenters. The Labute approximate surface area is 99.9 Å². The van der Waals surface area contributed by atoms with Gasteiger partial charge in [-0.05, 0) is 12.2 Å². The summed E-state index contributed by atoms with van der Waals surface area (Å²) in [7, 11) is 0. The number of hydrogen-bond acceptors (Lipinski definition) is 5. The summed E-state index contributed by atoms with van der Waals surface area (Å²) in [6.07, 6.45) is 0.356. The molecule has 0 aromatic carbocycles. The van der Waals surface area contributed by atoms with E-state index < -0.39 is 6.10 Å². The first-order valence-corrected chi connectivity index (χ1v) is 6.65. The van der Waals surface area contributed by atoms with Crippen LogP contribution in [-0.4, -0.2) is 61.6 Å². The molecule has 6 heteroatoms. The Balaban J connectivity index is 1.97. The van der Waals surface area contributed by atoms with Gasteiger partial charge >= 0.3 is 0 Å². The van der Waals surface area contributed by atoms with Gasteiger partial charge in [0.15, 0.2) is 6.10 Å². The lowest BCUT2D eigenvalue weighted by Crippen LogP contribution is -2.43. The molecule has 1 aliphatic heterocycles. The summed E-state index contributed by atoms with van der Waals surface area (Å²) in [5.74, 6) is 1.69. The third kappa shape index (κ3) is 5.69. The van der Waals surface area contributed by atoms with Crippen molar-refractivity contribution in [3.05, 3.63) is 0 Å². The van der Waals surface area contributed by atoms with E-state index in [0.29, 0.717) is 26.4 Å². The minimum atomic E-state index is -0.448. The Bertz CT molecular complexity index is 197. The molecule has 94 valence electrons. The summed E-state index contributed by atoms with van der Waals surface area (Å²) in [6, 6.07) is 0. The van der Waals surface area contributed by atoms with Crippen molar-refractivity contribution in [2.75, 3.05) is 44.5 Å². The summed E-state index contributed by atoms with van der Waals surface area (Å²) < 4.78 is 10.4. The standard InChI is InChI=1S/C10H19NO4S/c12-3-1-6-16-7-2-11-10(13)9-8-14-4-5-15-9/h9,12H,1-8H2,(H,11,13). The minimum Gasteiger partial charge on any atom is -0.396 e. The zero-order chi connectivity index (χ0) is 11.6. The lowest BCUT2D eigenvalue weighted by atomic mass is 10.3. The van der Waals surface area contributed by atoms with Gasteiger partial charge in [0.05, 0.1) is 19.8 Å². The van der Waals surface area contributed by atoms with Crippen LogP contribution < -0.4 is 5.32 Å². The van der Waals surface area contributed by atoms with E-state index in [1.165, 1.54) is 0 Å². The van der Waals surface area contributed by atoms with Crippen LogP contribution in [-0.2, 0) is 14.3 Å². The zero-order valence-corrected chi connectivity index (χ0v) is 10.1. The molecule has 2 N–H and O–H groups in total. The second kappa shape index (κ2) is 8.81. The summed E-state index contributed by atoms with van der Waals surface area (Å²) in [5.41, 5.74) is 0. The Hall–Kier alpha value is -0.300. The molecule has 0 aromatic heterocycles. The molecule has 0 saturated carbocycles. The summed E-state index contributed by atoms with van der Waals surface area (Å²) in [6.45, 7) is 2.27. The molecule has 0 bridgehead atoms. The molecule has 0 aliphatic carbocycles. The fourth-order valence-electron chi connectivity index (χ4n) is 1.27. The first-order chi connectivity index (χ1) is 7.84. The van der Waals surface area contributed by atoms with E-state index in [4.69, 9.17) is 14.6 Å². The SMILES string of the molecule is O=C(NCCSCCCO)C1COCCO1. The van der Waals surface area contributed by atoms with Gasteiger partial charge in [0.1, 0.15) is 0 Å². The topological polar surface area (TPSA) is 67.8 Å². The van der Waals surface area contributed by atoms with Gasteiger partial charge in [0.25, 0.3) is 5.91 Å². The monoisotopic (exact) mass is 249 g/mol. The van der Waals surface area contributed by atoms with Crippen LogP contribution in [0.5, 0.6) is 0 Å². The van der Waals surface area contributed by atoms with Gasteiger partial charge in [0.2, 0.25) is 0 Å². The third-order valence-electron chi connectivity index (χ3n) is 2.10. The lowest BCUT2D eigenvalue weighted by molar-refractivity contribution is -0.147. The van der Waals surface area contributed by atoms with Crippen LogP contribution in [0.2, 0.25) is 0 Å². The van der Waals surface area contributed by atoms with E-state index in [0.717, 1.165) is 17.9 Å². The predicted molar refractivity (Wildman–Crippen MR) is 62.6 cm³/mol. The second-order valence-electron chi connectivity index (χ2n) is 3.41. The molecule has 1 heterocycles. The van der Waals surface area contributed by atoms with E-state index in [9.17, 15) is 4.79 Å². The van der Waals surface area contributed by atoms with Gasteiger partial charge < -0.3 is 19.9 Å². The number of aliphatic hydroxyl groups excluding tert-OH is 1. The second-order valence-corrected chi connectivity index (χ2v) is 4.64. The van der Waals surface area contributed by atoms with Gasteiger partial charge in [-0.15, -0.1) is 0 Å². The number of rotatable bonds is 7. The van der Waals surface area contributed by atoms with Crippen LogP contribution in [0.25, 0.3) is 0 Å². The number of nitrogens with one attached hydrogen (secondary N) is 1. The Morgan fingerprint density at radius 2 is 2.31 bits per heavy atom. The molecule has 1 unspecified atom stereocenters. The Kier molecular flexibility index (Phi) is 7.58. The van der Waals surface area contributed by atoms with Gasteiger partial charge in [0, 0.05) is 18.9 Å². The van der Waals surface area contributed by atoms with Crippen molar-refractivity contribution in [1.29, 1.82) is 0 Å². The zero-order valence-electron chi connectivity index (χ0n) is 9.31. The highest BCUT2D eigenvalue weighted by Gasteiger charge is 2.21. The molecular weight excluding hydrogens is 230 g/mol. The molecule has 1 fully saturated rings. The van der Waals surface area contributed by atoms with Crippen LogP contribution in [0, 0.1) is 0 Å². The van der Waals surface area contributed by atoms with E-state index >= 15 is 0 Å². The highest BCUT2D eigenvalue weighted by atomic mass is 32.2. The maximum absolute atomic E-state index is 11.5. The maximum Gasteiger partial charge on any atom is 0.251 e. The third-order valence-corrected chi connectivity index (χ3v) is 3.17. The first-order valence-electron chi connectivity index (χ1n) is 5.50. The number of aliphatic hydroxyl groups is 1. The first kappa shape index (κ1) is 13.8. The van der Waals surface area contributed by atoms with Crippen LogP contribution in [0.15, 0.2) is 0 Å². The molecule has 0 radical (unpaired) electrons. The number of amides is 1. The van der Waals surface area contributed by atoms with Crippen molar-refractivity contribution in [1.82, 2.24) is 5.32 Å². The summed E-state index contributed by atoms with van der Waals surface area (Å²) in [5, 5.41) is 11.4. The van der Waals surface area contributed by atoms with Crippen molar-refractivity contribution in [3.8, 4) is 0 Å². The number of carbonyl (C=O) groups is 1. The molecule has 0 spiro atoms. The molecule has 5 nitrogen and oxygen atoms in total. The number of ether oxygens (including phenoxy) is 2. The molecule has 1 aliphatic rings. The Morgan fingerprint density at radius 3 is 3.00 bits per heavy atom. The molecule has 1 amide bonds. The number of hydrogen-bond donors (Lipinski definition) is 2. The fraction of sp³-hybridized carbons (Fsp3) is 0.900. The van der Waals surface area contributed by atoms with Crippen LogP contribution in [0.4, 0.5) is 0 Å². The highest BCUT2D eigenvalue weighted by molar-refractivity contribution is 7.99. The summed E-state index contributed by atoms with van der Waals surface area (Å²) >= 11 is 1.72. The average molecular weight is 249 g/mol. The Morgan fingerprint density at radius 1 is 1.44 bits per heavy atom. The number of thioether (sulfide) groups is 1. The van der Waals surface area contributed by atoms with E-state index in [-0.39, 0.29) is 12.5 Å². The molecule has 1 rings (SSSR count). The normalized spacial score (nSPS) is 20.7. The molecule has 16 heavy (non-hydrogen) atoms. The van der Waals surface area contributed by atoms with E-state index in [1.54, 1.807) is 11.8 Å². The molecular formula is C10H19NO4S. The van der Waals surface area contributed by atoms with Crippen molar-refractivity contribution in [2.24, 2.45) is 0 Å². The van der Waals surface area contributed by atoms with Gasteiger partial charge in [-0.3, -0.25) is 4.79 Å². The molecule has 1 saturated heterocycles. The largest absolute Gasteiger partial charge is 0.396 e. The van der Waals surface area contributed by atoms with Crippen LogP contribution in [0.1, 0.15) is 6.42 Å². The minimum absolute atomic E-state index is 0.0949. The van der Waals surface area contributed by atoms with Crippen molar-refractivity contribution < 1.29 is 19.4 Å². The van der Waals surface area contributed by atoms with E-state index in [1.807, 2.05) is 0 Å². The van der Waals surface area contributed by atoms with Crippen molar-refractivity contribution in [2.45, 2.75) is 12.5 Å². The fourth-order valence-corrected chi connectivity index (χ4v) is 2.05. The van der Waals surface area contributed by atoms with Crippen LogP contribution >= 0.6 is 11.8 Å². The van der Waals surface area contributed by atoms with Crippen molar-refractivity contribution >= 4 is 17.7 Å². The van der Waals surface area contributed by atoms with Crippen molar-refractivity contribution in [3.63, 3.8) is 0 Å². The highest BCUT2D eigenvalue weighted by Crippen LogP contribution is 2.02. The van der Waals surface area contributed by atoms with Gasteiger partial charge in [-0.1, -0.05) is 0 Å². The van der Waals surface area contributed by atoms with Crippen LogP contribution in [0.3, 0.4) is 0 Å².